The molecule has 0 unspecified atom stereocenters. The number of hydrogen-bond acceptors (Lipinski definition) is 2. The predicted octanol–water partition coefficient (Wildman–Crippen LogP) is 4.81. The first-order valence-corrected chi connectivity index (χ1v) is 7.19. The number of hydrogen-bond donors (Lipinski definition) is 0. The summed E-state index contributed by atoms with van der Waals surface area (Å²) in [6.07, 6.45) is 0. The molecule has 0 atom stereocenters. The molecule has 0 aliphatic heterocycles. The van der Waals surface area contributed by atoms with Crippen molar-refractivity contribution >= 4 is 31.9 Å². The average Bonchev–Trinajstić information content (AvgIpc) is 2.36. The predicted molar refractivity (Wildman–Crippen MR) is 79.2 cm³/mol. The fourth-order valence-corrected chi connectivity index (χ4v) is 2.17. The van der Waals surface area contributed by atoms with Crippen LogP contribution in [0.25, 0.3) is 0 Å². The molecule has 0 heterocycles. The van der Waals surface area contributed by atoms with Gasteiger partial charge in [-0.15, -0.1) is 0 Å². The molecule has 0 fully saturated rings. The molecule has 0 N–H and O–H groups in total. The van der Waals surface area contributed by atoms with Gasteiger partial charge in [-0.05, 0) is 36.4 Å². The molecule has 0 aliphatic carbocycles. The van der Waals surface area contributed by atoms with Crippen LogP contribution >= 0.6 is 31.9 Å². The molecule has 5 heteroatoms. The molecule has 0 bridgehead atoms. The third-order valence-electron chi connectivity index (χ3n) is 2.27. The quantitative estimate of drug-likeness (QED) is 0.683. The molecule has 19 heavy (non-hydrogen) atoms. The summed E-state index contributed by atoms with van der Waals surface area (Å²) in [4.78, 5) is 0. The van der Waals surface area contributed by atoms with Crippen LogP contribution in [0.4, 0.5) is 4.39 Å². The SMILES string of the molecule is Fc1cc(Br)cc(OCCOc2ccc(Br)cc2)c1. The number of halogens is 3. The Labute approximate surface area is 127 Å². The largest absolute Gasteiger partial charge is 0.490 e. The zero-order chi connectivity index (χ0) is 13.7. The number of ether oxygens (including phenoxy) is 2. The van der Waals surface area contributed by atoms with E-state index in [4.69, 9.17) is 9.47 Å². The van der Waals surface area contributed by atoms with E-state index in [0.717, 1.165) is 10.2 Å². The maximum Gasteiger partial charge on any atom is 0.128 e. The van der Waals surface area contributed by atoms with Crippen molar-refractivity contribution in [2.75, 3.05) is 13.2 Å². The van der Waals surface area contributed by atoms with Gasteiger partial charge >= 0.3 is 0 Å². The third kappa shape index (κ3) is 4.84. The highest BCUT2D eigenvalue weighted by Crippen LogP contribution is 2.20. The van der Waals surface area contributed by atoms with Crippen LogP contribution in [-0.2, 0) is 0 Å². The monoisotopic (exact) mass is 388 g/mol. The van der Waals surface area contributed by atoms with Crippen LogP contribution in [0, 0.1) is 5.82 Å². The standard InChI is InChI=1S/C14H11Br2FO2/c15-10-1-3-13(4-2-10)18-5-6-19-14-8-11(16)7-12(17)9-14/h1-4,7-9H,5-6H2. The molecule has 0 saturated carbocycles. The molecule has 0 aliphatic rings. The highest BCUT2D eigenvalue weighted by atomic mass is 79.9. The highest BCUT2D eigenvalue weighted by Gasteiger charge is 2.00. The van der Waals surface area contributed by atoms with Crippen LogP contribution in [0.5, 0.6) is 11.5 Å². The van der Waals surface area contributed by atoms with Crippen molar-refractivity contribution in [1.29, 1.82) is 0 Å². The van der Waals surface area contributed by atoms with Crippen molar-refractivity contribution in [1.82, 2.24) is 0 Å². The van der Waals surface area contributed by atoms with Gasteiger partial charge in [-0.25, -0.2) is 4.39 Å². The number of benzene rings is 2. The first-order valence-electron chi connectivity index (χ1n) is 5.61. The first kappa shape index (κ1) is 14.3. The van der Waals surface area contributed by atoms with Crippen LogP contribution < -0.4 is 9.47 Å². The summed E-state index contributed by atoms with van der Waals surface area (Å²) in [5.41, 5.74) is 0. The molecular formula is C14H11Br2FO2. The normalized spacial score (nSPS) is 10.3. The molecule has 100 valence electrons. The minimum Gasteiger partial charge on any atom is -0.490 e. The zero-order valence-corrected chi connectivity index (χ0v) is 13.1. The zero-order valence-electron chi connectivity index (χ0n) is 9.91. The highest BCUT2D eigenvalue weighted by molar-refractivity contribution is 9.10. The van der Waals surface area contributed by atoms with Crippen LogP contribution in [-0.4, -0.2) is 13.2 Å². The Kier molecular flexibility index (Phi) is 5.22. The Morgan fingerprint density at radius 2 is 1.42 bits per heavy atom. The van der Waals surface area contributed by atoms with Crippen molar-refractivity contribution in [3.05, 3.63) is 57.2 Å². The Balaban J connectivity index is 1.79. The van der Waals surface area contributed by atoms with E-state index in [-0.39, 0.29) is 5.82 Å². The second kappa shape index (κ2) is 6.91. The van der Waals surface area contributed by atoms with Crippen molar-refractivity contribution in [2.45, 2.75) is 0 Å². The number of rotatable bonds is 5. The molecular weight excluding hydrogens is 379 g/mol. The third-order valence-corrected chi connectivity index (χ3v) is 3.26. The van der Waals surface area contributed by atoms with Crippen molar-refractivity contribution in [3.8, 4) is 11.5 Å². The van der Waals surface area contributed by atoms with E-state index in [1.807, 2.05) is 24.3 Å². The van der Waals surface area contributed by atoms with Gasteiger partial charge in [-0.3, -0.25) is 0 Å². The van der Waals surface area contributed by atoms with E-state index >= 15 is 0 Å². The summed E-state index contributed by atoms with van der Waals surface area (Å²) in [5, 5.41) is 0. The van der Waals surface area contributed by atoms with Crippen LogP contribution in [0.15, 0.2) is 51.4 Å². The Morgan fingerprint density at radius 1 is 0.789 bits per heavy atom. The lowest BCUT2D eigenvalue weighted by Crippen LogP contribution is -2.09. The molecule has 2 aromatic rings. The van der Waals surface area contributed by atoms with Gasteiger partial charge in [0.2, 0.25) is 0 Å². The van der Waals surface area contributed by atoms with Gasteiger partial charge in [0.25, 0.3) is 0 Å². The van der Waals surface area contributed by atoms with Crippen molar-refractivity contribution in [3.63, 3.8) is 0 Å². The summed E-state index contributed by atoms with van der Waals surface area (Å²) in [5.74, 6) is 0.914. The Hall–Kier alpha value is -1.07. The maximum atomic E-state index is 13.1. The van der Waals surface area contributed by atoms with E-state index in [0.29, 0.717) is 23.4 Å². The summed E-state index contributed by atoms with van der Waals surface area (Å²) >= 11 is 6.56. The fraction of sp³-hybridized carbons (Fsp3) is 0.143. The lowest BCUT2D eigenvalue weighted by Gasteiger charge is -2.09. The van der Waals surface area contributed by atoms with Crippen LogP contribution in [0.2, 0.25) is 0 Å². The second-order valence-electron chi connectivity index (χ2n) is 3.76. The Morgan fingerprint density at radius 3 is 2.05 bits per heavy atom. The lowest BCUT2D eigenvalue weighted by atomic mass is 10.3. The summed E-state index contributed by atoms with van der Waals surface area (Å²) in [6, 6.07) is 12.0. The van der Waals surface area contributed by atoms with Crippen molar-refractivity contribution < 1.29 is 13.9 Å². The molecule has 0 amide bonds. The average molecular weight is 390 g/mol. The second-order valence-corrected chi connectivity index (χ2v) is 5.59. The van der Waals surface area contributed by atoms with E-state index in [2.05, 4.69) is 31.9 Å². The van der Waals surface area contributed by atoms with Crippen LogP contribution in [0.1, 0.15) is 0 Å². The van der Waals surface area contributed by atoms with Crippen LogP contribution in [0.3, 0.4) is 0 Å². The van der Waals surface area contributed by atoms with Gasteiger partial charge in [-0.1, -0.05) is 31.9 Å². The molecule has 0 spiro atoms. The topological polar surface area (TPSA) is 18.5 Å². The molecule has 0 saturated heterocycles. The smallest absolute Gasteiger partial charge is 0.128 e. The molecule has 0 radical (unpaired) electrons. The van der Waals surface area contributed by atoms with Gasteiger partial charge in [0.1, 0.15) is 30.5 Å². The van der Waals surface area contributed by atoms with E-state index < -0.39 is 0 Å². The summed E-state index contributed by atoms with van der Waals surface area (Å²) < 4.78 is 25.6. The molecule has 0 aromatic heterocycles. The summed E-state index contributed by atoms with van der Waals surface area (Å²) in [7, 11) is 0. The Bertz CT molecular complexity index is 523. The molecule has 2 rings (SSSR count). The molecule has 2 nitrogen and oxygen atoms in total. The minimum atomic E-state index is -0.335. The van der Waals surface area contributed by atoms with Gasteiger partial charge in [0.15, 0.2) is 0 Å². The van der Waals surface area contributed by atoms with Gasteiger partial charge in [0, 0.05) is 15.0 Å². The minimum absolute atomic E-state index is 0.335. The van der Waals surface area contributed by atoms with E-state index in [1.54, 1.807) is 6.07 Å². The molecule has 2 aromatic carbocycles. The van der Waals surface area contributed by atoms with E-state index in [1.165, 1.54) is 12.1 Å². The lowest BCUT2D eigenvalue weighted by molar-refractivity contribution is 0.216. The fourth-order valence-electron chi connectivity index (χ4n) is 1.46. The van der Waals surface area contributed by atoms with Gasteiger partial charge < -0.3 is 9.47 Å². The first-order chi connectivity index (χ1) is 9.13. The van der Waals surface area contributed by atoms with Crippen molar-refractivity contribution in [2.24, 2.45) is 0 Å². The maximum absolute atomic E-state index is 13.1. The van der Waals surface area contributed by atoms with Gasteiger partial charge in [0.05, 0.1) is 0 Å². The van der Waals surface area contributed by atoms with Gasteiger partial charge in [-0.2, -0.15) is 0 Å². The van der Waals surface area contributed by atoms with E-state index in [9.17, 15) is 4.39 Å². The summed E-state index contributed by atoms with van der Waals surface area (Å²) in [6.45, 7) is 0.752.